The van der Waals surface area contributed by atoms with Gasteiger partial charge in [0.1, 0.15) is 11.2 Å². The van der Waals surface area contributed by atoms with Crippen molar-refractivity contribution in [2.24, 2.45) is 0 Å². The molecular weight excluding hydrogens is 520 g/mol. The highest BCUT2D eigenvalue weighted by Gasteiger charge is 2.18. The number of hydrogen-bond donors (Lipinski definition) is 0. The van der Waals surface area contributed by atoms with Gasteiger partial charge in [-0.2, -0.15) is 0 Å². The van der Waals surface area contributed by atoms with Crippen LogP contribution >= 0.6 is 0 Å². The molecule has 0 spiro atoms. The standard InChI is InChI=1S/C42H26O/c1-2-10-27(11-3-1)28-18-20-30(21-19-28)40-33-14-6-8-16-35(33)41(36-17-9-7-15-34(36)40)31-23-24-38-37(26-31)42-32-13-5-4-12-29(32)22-25-39(42)43-38/h1-26H/i4D,5D,6D,7D,8D,9D,12D,13D,14D,15D,16D,17D,23D,24D,26D. The molecule has 0 saturated carbocycles. The van der Waals surface area contributed by atoms with E-state index in [4.69, 9.17) is 15.4 Å². The van der Waals surface area contributed by atoms with Crippen LogP contribution in [0.5, 0.6) is 0 Å². The van der Waals surface area contributed by atoms with Crippen molar-refractivity contribution in [3.8, 4) is 33.4 Å². The van der Waals surface area contributed by atoms with E-state index < -0.39 is 90.2 Å². The topological polar surface area (TPSA) is 13.1 Å². The zero-order valence-electron chi connectivity index (χ0n) is 37.3. The van der Waals surface area contributed by atoms with Gasteiger partial charge in [-0.25, -0.2) is 0 Å². The third-order valence-corrected chi connectivity index (χ3v) is 7.76. The Morgan fingerprint density at radius 2 is 0.953 bits per heavy atom. The highest BCUT2D eigenvalue weighted by molar-refractivity contribution is 6.23. The predicted octanol–water partition coefficient (Wildman–Crippen LogP) is 12.0. The highest BCUT2D eigenvalue weighted by Crippen LogP contribution is 2.45. The van der Waals surface area contributed by atoms with E-state index in [-0.39, 0.29) is 71.4 Å². The van der Waals surface area contributed by atoms with Gasteiger partial charge in [-0.1, -0.05) is 139 Å². The zero-order chi connectivity index (χ0) is 41.4. The number of fused-ring (bicyclic) bond motifs is 7. The van der Waals surface area contributed by atoms with E-state index in [0.717, 1.165) is 11.1 Å². The van der Waals surface area contributed by atoms with Crippen LogP contribution in [0.3, 0.4) is 0 Å². The summed E-state index contributed by atoms with van der Waals surface area (Å²) in [7, 11) is 0. The first-order chi connectivity index (χ1) is 27.6. The average Bonchev–Trinajstić information content (AvgIpc) is 3.63. The lowest BCUT2D eigenvalue weighted by Crippen LogP contribution is -1.91. The molecule has 9 aromatic rings. The molecule has 1 nitrogen and oxygen atoms in total. The third-order valence-electron chi connectivity index (χ3n) is 7.76. The van der Waals surface area contributed by atoms with Crippen molar-refractivity contribution in [3.63, 3.8) is 0 Å². The molecule has 0 bridgehead atoms. The van der Waals surface area contributed by atoms with Crippen LogP contribution in [0, 0.1) is 0 Å². The zero-order valence-corrected chi connectivity index (χ0v) is 22.3. The molecule has 1 aromatic heterocycles. The number of rotatable bonds is 3. The fourth-order valence-corrected chi connectivity index (χ4v) is 5.85. The minimum atomic E-state index is -0.676. The maximum Gasteiger partial charge on any atom is 0.136 e. The second kappa shape index (κ2) is 9.44. The second-order valence-electron chi connectivity index (χ2n) is 10.1. The Hall–Kier alpha value is -5.66. The molecule has 200 valence electrons. The van der Waals surface area contributed by atoms with Gasteiger partial charge >= 0.3 is 0 Å². The molecule has 0 fully saturated rings. The summed E-state index contributed by atoms with van der Waals surface area (Å²) in [5.74, 6) is 0. The molecule has 43 heavy (non-hydrogen) atoms. The van der Waals surface area contributed by atoms with E-state index >= 15 is 0 Å². The predicted molar refractivity (Wildman–Crippen MR) is 183 cm³/mol. The molecule has 0 amide bonds. The van der Waals surface area contributed by atoms with E-state index in [1.54, 1.807) is 24.3 Å². The summed E-state index contributed by atoms with van der Waals surface area (Å²) >= 11 is 0. The van der Waals surface area contributed by atoms with Crippen molar-refractivity contribution in [1.29, 1.82) is 0 Å². The summed E-state index contributed by atoms with van der Waals surface area (Å²) in [5, 5.41) is -0.730. The van der Waals surface area contributed by atoms with Crippen LogP contribution in [0.15, 0.2) is 162 Å². The molecule has 1 heteroatoms. The van der Waals surface area contributed by atoms with Crippen LogP contribution in [-0.2, 0) is 0 Å². The van der Waals surface area contributed by atoms with Gasteiger partial charge in [0.2, 0.25) is 0 Å². The third kappa shape index (κ3) is 3.72. The SMILES string of the molecule is [2H]c1c([2H])c([2H])c2c(ccc3oc4c([2H])c([2H])c(-c5c6c([2H])c([2H])c([2H])c([2H])c6c(-c6ccc(-c7ccccc7)cc6)c6c([2H])c([2H])c([2H])c([2H])c56)c([2H])c4c32)c1[2H]. The Balaban J connectivity index is 1.54. The van der Waals surface area contributed by atoms with Crippen molar-refractivity contribution in [1.82, 2.24) is 0 Å². The van der Waals surface area contributed by atoms with Gasteiger partial charge in [0.15, 0.2) is 0 Å². The Morgan fingerprint density at radius 3 is 1.63 bits per heavy atom. The molecule has 0 aliphatic rings. The average molecular weight is 562 g/mol. The van der Waals surface area contributed by atoms with Gasteiger partial charge < -0.3 is 4.42 Å². The van der Waals surface area contributed by atoms with Gasteiger partial charge in [0, 0.05) is 10.8 Å². The summed E-state index contributed by atoms with van der Waals surface area (Å²) in [6, 6.07) is 10.9. The van der Waals surface area contributed by atoms with Crippen LogP contribution in [0.4, 0.5) is 0 Å². The van der Waals surface area contributed by atoms with E-state index in [2.05, 4.69) is 0 Å². The number of benzene rings is 8. The minimum Gasteiger partial charge on any atom is -0.456 e. The van der Waals surface area contributed by atoms with E-state index in [1.165, 1.54) is 12.1 Å². The lowest BCUT2D eigenvalue weighted by Gasteiger charge is -2.18. The van der Waals surface area contributed by atoms with Crippen molar-refractivity contribution < 1.29 is 25.0 Å². The highest BCUT2D eigenvalue weighted by atomic mass is 16.3. The molecule has 0 unspecified atom stereocenters. The quantitative estimate of drug-likeness (QED) is 0.196. The Labute approximate surface area is 270 Å². The fourth-order valence-electron chi connectivity index (χ4n) is 5.85. The molecule has 1 heterocycles. The molecule has 0 aliphatic heterocycles. The van der Waals surface area contributed by atoms with Gasteiger partial charge in [0.25, 0.3) is 0 Å². The molecule has 8 aromatic carbocycles. The Morgan fingerprint density at radius 1 is 0.395 bits per heavy atom. The molecule has 0 saturated heterocycles. The van der Waals surface area contributed by atoms with Crippen molar-refractivity contribution in [2.45, 2.75) is 0 Å². The summed E-state index contributed by atoms with van der Waals surface area (Å²) in [4.78, 5) is 0. The Bertz CT molecular complexity index is 3240. The first kappa shape index (κ1) is 13.5. The molecule has 0 atom stereocenters. The number of furan rings is 1. The molecule has 0 radical (unpaired) electrons. The molecular formula is C42H26O. The first-order valence-corrected chi connectivity index (χ1v) is 13.6. The van der Waals surface area contributed by atoms with Crippen LogP contribution in [-0.4, -0.2) is 0 Å². The van der Waals surface area contributed by atoms with Crippen LogP contribution in [0.2, 0.25) is 0 Å². The lowest BCUT2D eigenvalue weighted by molar-refractivity contribution is 0.669. The maximum atomic E-state index is 9.78. The van der Waals surface area contributed by atoms with Crippen molar-refractivity contribution >= 4 is 54.3 Å². The van der Waals surface area contributed by atoms with Crippen LogP contribution < -0.4 is 0 Å². The summed E-state index contributed by atoms with van der Waals surface area (Å²) in [6.07, 6.45) is 0. The van der Waals surface area contributed by atoms with Crippen LogP contribution in [0.25, 0.3) is 87.6 Å². The smallest absolute Gasteiger partial charge is 0.136 e. The van der Waals surface area contributed by atoms with E-state index in [0.29, 0.717) is 5.56 Å². The summed E-state index contributed by atoms with van der Waals surface area (Å²) in [5.41, 5.74) is 1.27. The van der Waals surface area contributed by atoms with Gasteiger partial charge in [-0.15, -0.1) is 0 Å². The molecule has 0 N–H and O–H groups in total. The largest absolute Gasteiger partial charge is 0.456 e. The van der Waals surface area contributed by atoms with Gasteiger partial charge in [-0.05, 0) is 83.8 Å². The van der Waals surface area contributed by atoms with E-state index in [9.17, 15) is 9.60 Å². The monoisotopic (exact) mass is 561 g/mol. The maximum absolute atomic E-state index is 9.78. The molecule has 0 aliphatic carbocycles. The lowest BCUT2D eigenvalue weighted by atomic mass is 9.85. The minimum absolute atomic E-state index is 0.00770. The van der Waals surface area contributed by atoms with Crippen LogP contribution in [0.1, 0.15) is 20.6 Å². The Kier molecular flexibility index (Phi) is 2.97. The fraction of sp³-hybridized carbons (Fsp3) is 0. The second-order valence-corrected chi connectivity index (χ2v) is 10.1. The van der Waals surface area contributed by atoms with Gasteiger partial charge in [-0.3, -0.25) is 0 Å². The number of hydrogen-bond acceptors (Lipinski definition) is 1. The molecule has 9 rings (SSSR count). The summed E-state index contributed by atoms with van der Waals surface area (Å²) in [6.45, 7) is 0. The van der Waals surface area contributed by atoms with Crippen molar-refractivity contribution in [3.05, 3.63) is 157 Å². The van der Waals surface area contributed by atoms with Crippen molar-refractivity contribution in [2.75, 3.05) is 0 Å². The van der Waals surface area contributed by atoms with E-state index in [1.807, 2.05) is 30.3 Å². The summed E-state index contributed by atoms with van der Waals surface area (Å²) < 4.78 is 141. The van der Waals surface area contributed by atoms with Gasteiger partial charge in [0.05, 0.1) is 20.6 Å². The first-order valence-electron chi connectivity index (χ1n) is 21.1. The normalized spacial score (nSPS) is 16.6.